The topological polar surface area (TPSA) is 66.4 Å². The molecule has 0 atom stereocenters. The lowest BCUT2D eigenvalue weighted by Gasteiger charge is -2.11. The Hall–Kier alpha value is -1.84. The number of hydrogen-bond acceptors (Lipinski definition) is 2. The summed E-state index contributed by atoms with van der Waals surface area (Å²) in [5, 5.41) is 11.8. The molecule has 1 aliphatic rings. The molecule has 0 radical (unpaired) electrons. The summed E-state index contributed by atoms with van der Waals surface area (Å²) in [5.41, 5.74) is 2.63. The van der Waals surface area contributed by atoms with E-state index in [9.17, 15) is 9.59 Å². The van der Waals surface area contributed by atoms with Gasteiger partial charge in [-0.25, -0.2) is 0 Å². The number of aryl methyl sites for hydroxylation is 2. The van der Waals surface area contributed by atoms with E-state index in [1.807, 2.05) is 32.0 Å². The Morgan fingerprint density at radius 1 is 1.26 bits per heavy atom. The molecular formula is C15H19NO3. The van der Waals surface area contributed by atoms with Crippen LogP contribution in [0.25, 0.3) is 0 Å². The van der Waals surface area contributed by atoms with Gasteiger partial charge in [0.05, 0.1) is 11.8 Å². The van der Waals surface area contributed by atoms with Crippen LogP contribution < -0.4 is 5.32 Å². The van der Waals surface area contributed by atoms with E-state index in [1.165, 1.54) is 5.56 Å². The van der Waals surface area contributed by atoms with Crippen molar-refractivity contribution in [1.82, 2.24) is 5.32 Å². The normalized spacial score (nSPS) is 15.9. The van der Waals surface area contributed by atoms with Crippen LogP contribution >= 0.6 is 0 Å². The van der Waals surface area contributed by atoms with Crippen molar-refractivity contribution < 1.29 is 14.7 Å². The van der Waals surface area contributed by atoms with E-state index < -0.39 is 11.4 Å². The fourth-order valence-electron chi connectivity index (χ4n) is 2.05. The minimum Gasteiger partial charge on any atom is -0.481 e. The SMILES string of the molecule is Cc1ccc(CC(=O)NCC2(C(=O)O)CC2)cc1C. The highest BCUT2D eigenvalue weighted by Crippen LogP contribution is 2.45. The van der Waals surface area contributed by atoms with Crippen LogP contribution in [-0.4, -0.2) is 23.5 Å². The lowest BCUT2D eigenvalue weighted by Crippen LogP contribution is -2.35. The number of carboxylic acid groups (broad SMARTS) is 1. The molecule has 0 saturated heterocycles. The summed E-state index contributed by atoms with van der Waals surface area (Å²) in [4.78, 5) is 22.8. The maximum atomic E-state index is 11.8. The number of amides is 1. The Morgan fingerprint density at radius 3 is 2.47 bits per heavy atom. The molecule has 2 N–H and O–H groups in total. The summed E-state index contributed by atoms with van der Waals surface area (Å²) in [7, 11) is 0. The van der Waals surface area contributed by atoms with Crippen LogP contribution in [0.15, 0.2) is 18.2 Å². The second-order valence-corrected chi connectivity index (χ2v) is 5.46. The van der Waals surface area contributed by atoms with Gasteiger partial charge in [-0.2, -0.15) is 0 Å². The lowest BCUT2D eigenvalue weighted by molar-refractivity contribution is -0.143. The van der Waals surface area contributed by atoms with Gasteiger partial charge in [0.15, 0.2) is 0 Å². The van der Waals surface area contributed by atoms with Crippen molar-refractivity contribution in [2.24, 2.45) is 5.41 Å². The number of nitrogens with one attached hydrogen (secondary N) is 1. The molecule has 0 unspecified atom stereocenters. The molecule has 1 aliphatic carbocycles. The van der Waals surface area contributed by atoms with Crippen molar-refractivity contribution in [1.29, 1.82) is 0 Å². The van der Waals surface area contributed by atoms with Crippen LogP contribution in [0.2, 0.25) is 0 Å². The Kier molecular flexibility index (Phi) is 3.60. The Balaban J connectivity index is 1.88. The van der Waals surface area contributed by atoms with Crippen LogP contribution in [0.4, 0.5) is 0 Å². The van der Waals surface area contributed by atoms with Crippen molar-refractivity contribution in [2.75, 3.05) is 6.54 Å². The van der Waals surface area contributed by atoms with E-state index in [1.54, 1.807) is 0 Å². The van der Waals surface area contributed by atoms with E-state index in [2.05, 4.69) is 5.32 Å². The van der Waals surface area contributed by atoms with Crippen LogP contribution in [0.1, 0.15) is 29.5 Å². The first-order valence-electron chi connectivity index (χ1n) is 6.49. The zero-order valence-electron chi connectivity index (χ0n) is 11.3. The molecule has 1 amide bonds. The Bertz CT molecular complexity index is 518. The lowest BCUT2D eigenvalue weighted by atomic mass is 10.0. The standard InChI is InChI=1S/C15H19NO3/c1-10-3-4-12(7-11(10)2)8-13(17)16-9-15(5-6-15)14(18)19/h3-4,7H,5-6,8-9H2,1-2H3,(H,16,17)(H,18,19). The third-order valence-electron chi connectivity index (χ3n) is 3.87. The number of aliphatic carboxylic acids is 1. The predicted octanol–water partition coefficient (Wildman–Crippen LogP) is 1.83. The number of benzene rings is 1. The molecule has 1 aromatic carbocycles. The van der Waals surface area contributed by atoms with Gasteiger partial charge in [0.25, 0.3) is 0 Å². The minimum atomic E-state index is -0.806. The molecule has 2 rings (SSSR count). The first-order chi connectivity index (χ1) is 8.93. The van der Waals surface area contributed by atoms with Gasteiger partial charge in [-0.15, -0.1) is 0 Å². The summed E-state index contributed by atoms with van der Waals surface area (Å²) in [6.07, 6.45) is 1.62. The summed E-state index contributed by atoms with van der Waals surface area (Å²) < 4.78 is 0. The third kappa shape index (κ3) is 3.13. The minimum absolute atomic E-state index is 0.115. The van der Waals surface area contributed by atoms with Gasteiger partial charge in [-0.05, 0) is 43.4 Å². The smallest absolute Gasteiger partial charge is 0.311 e. The quantitative estimate of drug-likeness (QED) is 0.849. The summed E-state index contributed by atoms with van der Waals surface area (Å²) >= 11 is 0. The number of carbonyl (C=O) groups is 2. The average molecular weight is 261 g/mol. The molecule has 19 heavy (non-hydrogen) atoms. The van der Waals surface area contributed by atoms with E-state index in [0.717, 1.165) is 11.1 Å². The molecular weight excluding hydrogens is 242 g/mol. The molecule has 102 valence electrons. The van der Waals surface area contributed by atoms with Crippen LogP contribution in [0, 0.1) is 19.3 Å². The zero-order valence-corrected chi connectivity index (χ0v) is 11.3. The second kappa shape index (κ2) is 5.03. The van der Waals surface area contributed by atoms with Crippen molar-refractivity contribution in [3.63, 3.8) is 0 Å². The van der Waals surface area contributed by atoms with Gasteiger partial charge in [0.2, 0.25) is 5.91 Å². The monoisotopic (exact) mass is 261 g/mol. The summed E-state index contributed by atoms with van der Waals surface area (Å²) in [6.45, 7) is 4.29. The Labute approximate surface area is 112 Å². The Morgan fingerprint density at radius 2 is 1.95 bits per heavy atom. The fourth-order valence-corrected chi connectivity index (χ4v) is 2.05. The van der Waals surface area contributed by atoms with Crippen LogP contribution in [0.5, 0.6) is 0 Å². The van der Waals surface area contributed by atoms with Crippen molar-refractivity contribution in [3.05, 3.63) is 34.9 Å². The van der Waals surface area contributed by atoms with E-state index in [-0.39, 0.29) is 12.5 Å². The van der Waals surface area contributed by atoms with E-state index >= 15 is 0 Å². The van der Waals surface area contributed by atoms with E-state index in [4.69, 9.17) is 5.11 Å². The highest BCUT2D eigenvalue weighted by Gasteiger charge is 2.50. The summed E-state index contributed by atoms with van der Waals surface area (Å²) in [5.74, 6) is -0.922. The van der Waals surface area contributed by atoms with Gasteiger partial charge in [-0.1, -0.05) is 18.2 Å². The van der Waals surface area contributed by atoms with Crippen LogP contribution in [0.3, 0.4) is 0 Å². The predicted molar refractivity (Wildman–Crippen MR) is 71.9 cm³/mol. The molecule has 0 aromatic heterocycles. The maximum absolute atomic E-state index is 11.8. The molecule has 1 fully saturated rings. The molecule has 0 spiro atoms. The zero-order chi connectivity index (χ0) is 14.0. The highest BCUT2D eigenvalue weighted by molar-refractivity contribution is 5.82. The maximum Gasteiger partial charge on any atom is 0.311 e. The van der Waals surface area contributed by atoms with Crippen molar-refractivity contribution >= 4 is 11.9 Å². The number of carboxylic acids is 1. The van der Waals surface area contributed by atoms with Gasteiger partial charge in [0, 0.05) is 6.54 Å². The van der Waals surface area contributed by atoms with Gasteiger partial charge in [0.1, 0.15) is 0 Å². The average Bonchev–Trinajstić information content (AvgIpc) is 3.13. The second-order valence-electron chi connectivity index (χ2n) is 5.46. The number of hydrogen-bond donors (Lipinski definition) is 2. The van der Waals surface area contributed by atoms with Gasteiger partial charge >= 0.3 is 5.97 Å². The van der Waals surface area contributed by atoms with Gasteiger partial charge < -0.3 is 10.4 Å². The largest absolute Gasteiger partial charge is 0.481 e. The molecule has 0 aliphatic heterocycles. The van der Waals surface area contributed by atoms with Gasteiger partial charge in [-0.3, -0.25) is 9.59 Å². The molecule has 1 aromatic rings. The van der Waals surface area contributed by atoms with Crippen molar-refractivity contribution in [3.8, 4) is 0 Å². The fraction of sp³-hybridized carbons (Fsp3) is 0.467. The molecule has 1 saturated carbocycles. The van der Waals surface area contributed by atoms with Crippen molar-refractivity contribution in [2.45, 2.75) is 33.1 Å². The van der Waals surface area contributed by atoms with E-state index in [0.29, 0.717) is 19.3 Å². The number of rotatable bonds is 5. The first kappa shape index (κ1) is 13.6. The van der Waals surface area contributed by atoms with Crippen LogP contribution in [-0.2, 0) is 16.0 Å². The summed E-state index contributed by atoms with van der Waals surface area (Å²) in [6, 6.07) is 5.93. The molecule has 4 heteroatoms. The molecule has 0 bridgehead atoms. The molecule has 4 nitrogen and oxygen atoms in total. The number of carbonyl (C=O) groups excluding carboxylic acids is 1. The highest BCUT2D eigenvalue weighted by atomic mass is 16.4. The molecule has 0 heterocycles. The third-order valence-corrected chi connectivity index (χ3v) is 3.87. The first-order valence-corrected chi connectivity index (χ1v) is 6.49.